The molecule has 3 rings (SSSR count). The van der Waals surface area contributed by atoms with Gasteiger partial charge < -0.3 is 24.3 Å². The van der Waals surface area contributed by atoms with Crippen LogP contribution in [0.15, 0.2) is 41.8 Å². The number of amides is 1. The molecule has 0 spiro atoms. The monoisotopic (exact) mass is 428 g/mol. The largest absolute Gasteiger partial charge is 0.493 e. The quantitative estimate of drug-likeness (QED) is 0.558. The smallest absolute Gasteiger partial charge is 0.270 e. The number of carbonyl (C=O) groups excluding carboxylic acids is 1. The van der Waals surface area contributed by atoms with Gasteiger partial charge >= 0.3 is 0 Å². The van der Waals surface area contributed by atoms with E-state index in [1.54, 1.807) is 33.8 Å². The van der Waals surface area contributed by atoms with Gasteiger partial charge in [0, 0.05) is 17.5 Å². The van der Waals surface area contributed by atoms with Gasteiger partial charge in [-0.2, -0.15) is 0 Å². The molecule has 0 unspecified atom stereocenters. The molecule has 0 aliphatic rings. The lowest BCUT2D eigenvalue weighted by Crippen LogP contribution is -2.25. The van der Waals surface area contributed by atoms with Gasteiger partial charge in [-0.1, -0.05) is 6.07 Å². The average molecular weight is 429 g/mol. The molecule has 7 nitrogen and oxygen atoms in total. The van der Waals surface area contributed by atoms with E-state index in [0.29, 0.717) is 41.7 Å². The Labute approximate surface area is 179 Å². The fourth-order valence-electron chi connectivity index (χ4n) is 2.93. The van der Waals surface area contributed by atoms with Crippen molar-refractivity contribution in [3.05, 3.63) is 53.0 Å². The molecule has 1 amide bonds. The molecule has 0 atom stereocenters. The van der Waals surface area contributed by atoms with E-state index in [0.717, 1.165) is 16.1 Å². The van der Waals surface area contributed by atoms with Crippen LogP contribution in [0.5, 0.6) is 23.0 Å². The van der Waals surface area contributed by atoms with Crippen molar-refractivity contribution in [3.8, 4) is 33.6 Å². The molecule has 0 aliphatic carbocycles. The van der Waals surface area contributed by atoms with Gasteiger partial charge in [0.15, 0.2) is 23.0 Å². The molecule has 1 heterocycles. The highest BCUT2D eigenvalue weighted by atomic mass is 32.1. The predicted molar refractivity (Wildman–Crippen MR) is 116 cm³/mol. The minimum absolute atomic E-state index is 0.210. The molecule has 3 aromatic rings. The van der Waals surface area contributed by atoms with Crippen LogP contribution in [0.4, 0.5) is 0 Å². The van der Waals surface area contributed by atoms with Crippen molar-refractivity contribution in [2.45, 2.75) is 6.42 Å². The van der Waals surface area contributed by atoms with Crippen molar-refractivity contribution in [3.63, 3.8) is 0 Å². The Hall–Kier alpha value is -3.26. The molecule has 0 bridgehead atoms. The van der Waals surface area contributed by atoms with Crippen LogP contribution >= 0.6 is 11.3 Å². The molecule has 0 aliphatic heterocycles. The molecular formula is C22H24N2O5S. The summed E-state index contributed by atoms with van der Waals surface area (Å²) >= 11 is 1.40. The molecule has 0 saturated heterocycles. The van der Waals surface area contributed by atoms with Crippen molar-refractivity contribution in [2.24, 2.45) is 0 Å². The fourth-order valence-corrected chi connectivity index (χ4v) is 3.72. The first kappa shape index (κ1) is 21.4. The number of benzene rings is 2. The summed E-state index contributed by atoms with van der Waals surface area (Å²) in [5, 5.41) is 5.39. The maximum Gasteiger partial charge on any atom is 0.270 e. The zero-order valence-corrected chi connectivity index (χ0v) is 18.2. The van der Waals surface area contributed by atoms with Crippen LogP contribution in [0, 0.1) is 0 Å². The standard InChI is InChI=1S/C22H24N2O5S/c1-26-17-7-5-14(11-19(17)28-3)9-10-23-21(25)16-13-30-22(24-16)15-6-8-18(27-2)20(12-15)29-4/h5-8,11-13H,9-10H2,1-4H3,(H,23,25). The highest BCUT2D eigenvalue weighted by Gasteiger charge is 2.14. The topological polar surface area (TPSA) is 78.9 Å². The lowest BCUT2D eigenvalue weighted by Gasteiger charge is -2.10. The van der Waals surface area contributed by atoms with Gasteiger partial charge in [0.1, 0.15) is 10.7 Å². The molecule has 158 valence electrons. The summed E-state index contributed by atoms with van der Waals surface area (Å²) in [5.74, 6) is 2.39. The van der Waals surface area contributed by atoms with Gasteiger partial charge in [-0.15, -0.1) is 11.3 Å². The van der Waals surface area contributed by atoms with Gasteiger partial charge in [0.2, 0.25) is 0 Å². The van der Waals surface area contributed by atoms with E-state index in [-0.39, 0.29) is 5.91 Å². The molecule has 8 heteroatoms. The molecular weight excluding hydrogens is 404 g/mol. The molecule has 0 radical (unpaired) electrons. The Morgan fingerprint density at radius 1 is 0.900 bits per heavy atom. The van der Waals surface area contributed by atoms with Crippen molar-refractivity contribution < 1.29 is 23.7 Å². The third-order valence-electron chi connectivity index (χ3n) is 4.51. The lowest BCUT2D eigenvalue weighted by molar-refractivity contribution is 0.0950. The number of thiazole rings is 1. The van der Waals surface area contributed by atoms with Crippen molar-refractivity contribution >= 4 is 17.2 Å². The number of hydrogen-bond acceptors (Lipinski definition) is 7. The van der Waals surface area contributed by atoms with Crippen molar-refractivity contribution in [2.75, 3.05) is 35.0 Å². The van der Waals surface area contributed by atoms with Crippen LogP contribution in [-0.4, -0.2) is 45.9 Å². The second-order valence-electron chi connectivity index (χ2n) is 6.30. The van der Waals surface area contributed by atoms with Crippen LogP contribution in [-0.2, 0) is 6.42 Å². The first-order valence-corrected chi connectivity index (χ1v) is 10.1. The van der Waals surface area contributed by atoms with E-state index in [1.165, 1.54) is 11.3 Å². The van der Waals surface area contributed by atoms with Crippen LogP contribution in [0.25, 0.3) is 10.6 Å². The first-order chi connectivity index (χ1) is 14.6. The molecule has 30 heavy (non-hydrogen) atoms. The number of rotatable bonds is 9. The average Bonchev–Trinajstić information content (AvgIpc) is 3.28. The van der Waals surface area contributed by atoms with Crippen molar-refractivity contribution in [1.82, 2.24) is 10.3 Å². The fraction of sp³-hybridized carbons (Fsp3) is 0.273. The number of nitrogens with one attached hydrogen (secondary N) is 1. The maximum absolute atomic E-state index is 12.5. The predicted octanol–water partition coefficient (Wildman–Crippen LogP) is 3.82. The summed E-state index contributed by atoms with van der Waals surface area (Å²) in [7, 11) is 6.37. The second kappa shape index (κ2) is 9.98. The van der Waals surface area contributed by atoms with Gasteiger partial charge in [0.05, 0.1) is 28.4 Å². The summed E-state index contributed by atoms with van der Waals surface area (Å²) in [5.41, 5.74) is 2.29. The molecule has 2 aromatic carbocycles. The number of methoxy groups -OCH3 is 4. The Morgan fingerprint density at radius 2 is 1.53 bits per heavy atom. The third kappa shape index (κ3) is 4.83. The van der Waals surface area contributed by atoms with Crippen LogP contribution in [0.3, 0.4) is 0 Å². The Balaban J connectivity index is 1.62. The Kier molecular flexibility index (Phi) is 7.13. The number of carbonyl (C=O) groups is 1. The van der Waals surface area contributed by atoms with Crippen LogP contribution < -0.4 is 24.3 Å². The zero-order chi connectivity index (χ0) is 21.5. The van der Waals surface area contributed by atoms with E-state index in [1.807, 2.05) is 36.4 Å². The molecule has 0 saturated carbocycles. The molecule has 1 N–H and O–H groups in total. The second-order valence-corrected chi connectivity index (χ2v) is 7.16. The van der Waals surface area contributed by atoms with Gasteiger partial charge in [-0.25, -0.2) is 4.98 Å². The number of ether oxygens (including phenoxy) is 4. The minimum atomic E-state index is -0.210. The number of nitrogens with zero attached hydrogens (tertiary/aromatic N) is 1. The third-order valence-corrected chi connectivity index (χ3v) is 5.41. The van der Waals surface area contributed by atoms with E-state index in [4.69, 9.17) is 18.9 Å². The molecule has 0 fully saturated rings. The highest BCUT2D eigenvalue weighted by molar-refractivity contribution is 7.13. The molecule has 1 aromatic heterocycles. The first-order valence-electron chi connectivity index (χ1n) is 9.26. The van der Waals surface area contributed by atoms with E-state index < -0.39 is 0 Å². The van der Waals surface area contributed by atoms with Crippen LogP contribution in [0.1, 0.15) is 16.1 Å². The Bertz CT molecular complexity index is 1020. The van der Waals surface area contributed by atoms with Gasteiger partial charge in [0.25, 0.3) is 5.91 Å². The number of hydrogen-bond donors (Lipinski definition) is 1. The lowest BCUT2D eigenvalue weighted by atomic mass is 10.1. The van der Waals surface area contributed by atoms with E-state index in [2.05, 4.69) is 10.3 Å². The summed E-state index contributed by atoms with van der Waals surface area (Å²) < 4.78 is 21.1. The normalized spacial score (nSPS) is 10.4. The minimum Gasteiger partial charge on any atom is -0.493 e. The van der Waals surface area contributed by atoms with Gasteiger partial charge in [-0.05, 0) is 42.3 Å². The van der Waals surface area contributed by atoms with E-state index in [9.17, 15) is 4.79 Å². The van der Waals surface area contributed by atoms with Crippen LogP contribution in [0.2, 0.25) is 0 Å². The number of aromatic nitrogens is 1. The summed E-state index contributed by atoms with van der Waals surface area (Å²) in [6, 6.07) is 11.3. The Morgan fingerprint density at radius 3 is 2.20 bits per heavy atom. The zero-order valence-electron chi connectivity index (χ0n) is 17.4. The highest BCUT2D eigenvalue weighted by Crippen LogP contribution is 2.33. The maximum atomic E-state index is 12.5. The summed E-state index contributed by atoms with van der Waals surface area (Å²) in [6.07, 6.45) is 0.665. The van der Waals surface area contributed by atoms with E-state index >= 15 is 0 Å². The SMILES string of the molecule is COc1ccc(CCNC(=O)c2csc(-c3ccc(OC)c(OC)c3)n2)cc1OC. The summed E-state index contributed by atoms with van der Waals surface area (Å²) in [6.45, 7) is 0.484. The summed E-state index contributed by atoms with van der Waals surface area (Å²) in [4.78, 5) is 16.9. The van der Waals surface area contributed by atoms with Crippen molar-refractivity contribution in [1.29, 1.82) is 0 Å². The van der Waals surface area contributed by atoms with Gasteiger partial charge in [-0.3, -0.25) is 4.79 Å².